The van der Waals surface area contributed by atoms with Gasteiger partial charge in [0.15, 0.2) is 6.61 Å². The molecule has 0 bridgehead atoms. The van der Waals surface area contributed by atoms with Crippen LogP contribution in [0.1, 0.15) is 31.8 Å². The summed E-state index contributed by atoms with van der Waals surface area (Å²) >= 11 is 0. The summed E-state index contributed by atoms with van der Waals surface area (Å²) in [6.07, 6.45) is 0.0321. The van der Waals surface area contributed by atoms with Crippen LogP contribution in [0.5, 0.6) is 0 Å². The monoisotopic (exact) mass is 474 g/mol. The maximum absolute atomic E-state index is 13.9. The van der Waals surface area contributed by atoms with Gasteiger partial charge in [0.05, 0.1) is 11.1 Å². The van der Waals surface area contributed by atoms with Crippen molar-refractivity contribution >= 4 is 23.7 Å². The number of hydrogen-bond acceptors (Lipinski definition) is 5. The standard InChI is InChI=1S/C27H23FN2O5/c1-29(16-19-11-5-8-14-22(19)28)24(31)17-35-27(34)23(15-18-9-3-2-4-10-18)30-25(32)20-12-6-7-13-21(20)26(30)33/h2-14,23H,15-17H2,1H3/t23-/m0/s1. The lowest BCUT2D eigenvalue weighted by Gasteiger charge is -2.25. The van der Waals surface area contributed by atoms with Gasteiger partial charge in [0.25, 0.3) is 17.7 Å². The van der Waals surface area contributed by atoms with Crippen molar-refractivity contribution in [2.24, 2.45) is 0 Å². The zero-order valence-corrected chi connectivity index (χ0v) is 19.0. The highest BCUT2D eigenvalue weighted by Crippen LogP contribution is 2.26. The van der Waals surface area contributed by atoms with E-state index < -0.39 is 42.2 Å². The molecule has 35 heavy (non-hydrogen) atoms. The minimum atomic E-state index is -1.26. The van der Waals surface area contributed by atoms with Crippen molar-refractivity contribution in [2.75, 3.05) is 13.7 Å². The smallest absolute Gasteiger partial charge is 0.330 e. The molecule has 4 rings (SSSR count). The molecule has 0 spiro atoms. The Hall–Kier alpha value is -4.33. The number of fused-ring (bicyclic) bond motifs is 1. The fourth-order valence-electron chi connectivity index (χ4n) is 3.92. The number of ether oxygens (including phenoxy) is 1. The minimum absolute atomic E-state index is 0.00505. The predicted molar refractivity (Wildman–Crippen MR) is 125 cm³/mol. The maximum Gasteiger partial charge on any atom is 0.330 e. The number of carbonyl (C=O) groups is 4. The van der Waals surface area contributed by atoms with Crippen LogP contribution in [0.15, 0.2) is 78.9 Å². The predicted octanol–water partition coefficient (Wildman–Crippen LogP) is 3.23. The number of hydrogen-bond donors (Lipinski definition) is 0. The highest BCUT2D eigenvalue weighted by atomic mass is 19.1. The summed E-state index contributed by atoms with van der Waals surface area (Å²) in [6, 6.07) is 20.1. The first-order chi connectivity index (χ1) is 16.9. The first-order valence-corrected chi connectivity index (χ1v) is 11.0. The Labute approximate surface area is 201 Å². The summed E-state index contributed by atoms with van der Waals surface area (Å²) in [6.45, 7) is -0.618. The zero-order chi connectivity index (χ0) is 24.9. The van der Waals surface area contributed by atoms with E-state index in [1.165, 1.54) is 30.1 Å². The summed E-state index contributed by atoms with van der Waals surface area (Å²) in [4.78, 5) is 53.8. The van der Waals surface area contributed by atoms with Crippen LogP contribution in [0, 0.1) is 5.82 Å². The molecule has 178 valence electrons. The van der Waals surface area contributed by atoms with Gasteiger partial charge in [-0.2, -0.15) is 0 Å². The van der Waals surface area contributed by atoms with Gasteiger partial charge in [0.1, 0.15) is 11.9 Å². The quantitative estimate of drug-likeness (QED) is 0.370. The molecule has 0 aromatic heterocycles. The molecule has 0 saturated carbocycles. The highest BCUT2D eigenvalue weighted by Gasteiger charge is 2.43. The number of nitrogens with zero attached hydrogens (tertiary/aromatic N) is 2. The second-order valence-electron chi connectivity index (χ2n) is 8.18. The van der Waals surface area contributed by atoms with Crippen molar-refractivity contribution in [1.82, 2.24) is 9.80 Å². The number of imide groups is 1. The average Bonchev–Trinajstić information content (AvgIpc) is 3.12. The van der Waals surface area contributed by atoms with Crippen molar-refractivity contribution in [3.05, 3.63) is 107 Å². The molecule has 3 amide bonds. The largest absolute Gasteiger partial charge is 0.454 e. The molecule has 1 atom stereocenters. The number of halogens is 1. The number of benzene rings is 3. The van der Waals surface area contributed by atoms with Crippen LogP contribution in [0.4, 0.5) is 4.39 Å². The number of esters is 1. The van der Waals surface area contributed by atoms with Gasteiger partial charge < -0.3 is 9.64 Å². The Morgan fingerprint density at radius 2 is 1.46 bits per heavy atom. The summed E-state index contributed by atoms with van der Waals surface area (Å²) in [5, 5.41) is 0. The molecule has 3 aromatic rings. The lowest BCUT2D eigenvalue weighted by atomic mass is 10.0. The van der Waals surface area contributed by atoms with E-state index in [-0.39, 0.29) is 24.1 Å². The van der Waals surface area contributed by atoms with Crippen molar-refractivity contribution in [2.45, 2.75) is 19.0 Å². The van der Waals surface area contributed by atoms with Crippen molar-refractivity contribution in [1.29, 1.82) is 0 Å². The molecule has 1 aliphatic heterocycles. The van der Waals surface area contributed by atoms with Crippen LogP contribution >= 0.6 is 0 Å². The Balaban J connectivity index is 1.49. The molecule has 0 aliphatic carbocycles. The molecule has 0 N–H and O–H groups in total. The third-order valence-electron chi connectivity index (χ3n) is 5.81. The zero-order valence-electron chi connectivity index (χ0n) is 19.0. The first kappa shape index (κ1) is 23.8. The molecule has 1 heterocycles. The molecule has 0 unspecified atom stereocenters. The molecule has 3 aromatic carbocycles. The minimum Gasteiger partial charge on any atom is -0.454 e. The normalized spacial score (nSPS) is 13.4. The second kappa shape index (κ2) is 10.3. The van der Waals surface area contributed by atoms with Crippen LogP contribution in [0.25, 0.3) is 0 Å². The van der Waals surface area contributed by atoms with Gasteiger partial charge in [-0.1, -0.05) is 60.7 Å². The van der Waals surface area contributed by atoms with Crippen LogP contribution in [0.2, 0.25) is 0 Å². The van der Waals surface area contributed by atoms with Crippen LogP contribution in [-0.4, -0.2) is 53.2 Å². The molecule has 0 saturated heterocycles. The van der Waals surface area contributed by atoms with Gasteiger partial charge in [0.2, 0.25) is 0 Å². The second-order valence-corrected chi connectivity index (χ2v) is 8.18. The van der Waals surface area contributed by atoms with Crippen molar-refractivity contribution in [3.63, 3.8) is 0 Å². The Morgan fingerprint density at radius 1 is 0.886 bits per heavy atom. The van der Waals surface area contributed by atoms with Crippen LogP contribution in [0.3, 0.4) is 0 Å². The lowest BCUT2D eigenvalue weighted by molar-refractivity contribution is -0.155. The van der Waals surface area contributed by atoms with E-state index >= 15 is 0 Å². The van der Waals surface area contributed by atoms with E-state index in [4.69, 9.17) is 4.74 Å². The van der Waals surface area contributed by atoms with E-state index in [1.807, 2.05) is 6.07 Å². The van der Waals surface area contributed by atoms with Crippen molar-refractivity contribution < 1.29 is 28.3 Å². The third-order valence-corrected chi connectivity index (χ3v) is 5.81. The van der Waals surface area contributed by atoms with E-state index in [2.05, 4.69) is 0 Å². The third kappa shape index (κ3) is 5.11. The van der Waals surface area contributed by atoms with Gasteiger partial charge in [-0.25, -0.2) is 9.18 Å². The first-order valence-electron chi connectivity index (χ1n) is 11.0. The average molecular weight is 474 g/mol. The molecule has 7 nitrogen and oxygen atoms in total. The van der Waals surface area contributed by atoms with E-state index in [1.54, 1.807) is 54.6 Å². The van der Waals surface area contributed by atoms with Crippen LogP contribution < -0.4 is 0 Å². The van der Waals surface area contributed by atoms with Gasteiger partial charge in [0, 0.05) is 25.6 Å². The molecule has 1 aliphatic rings. The van der Waals surface area contributed by atoms with E-state index in [0.717, 1.165) is 4.90 Å². The van der Waals surface area contributed by atoms with Gasteiger partial charge >= 0.3 is 5.97 Å². The number of rotatable bonds is 8. The van der Waals surface area contributed by atoms with Gasteiger partial charge in [-0.3, -0.25) is 19.3 Å². The van der Waals surface area contributed by atoms with Gasteiger partial charge in [-0.05, 0) is 23.8 Å². The Kier molecular flexibility index (Phi) is 7.01. The molecular formula is C27H23FN2O5. The number of likely N-dealkylation sites (N-methyl/N-ethyl adjacent to an activating group) is 1. The highest BCUT2D eigenvalue weighted by molar-refractivity contribution is 6.22. The fourth-order valence-corrected chi connectivity index (χ4v) is 3.92. The topological polar surface area (TPSA) is 84.0 Å². The summed E-state index contributed by atoms with van der Waals surface area (Å²) in [5.74, 6) is -3.06. The molecular weight excluding hydrogens is 451 g/mol. The summed E-state index contributed by atoms with van der Waals surface area (Å²) < 4.78 is 19.2. The Morgan fingerprint density at radius 3 is 2.09 bits per heavy atom. The Bertz CT molecular complexity index is 1240. The van der Waals surface area contributed by atoms with Crippen molar-refractivity contribution in [3.8, 4) is 0 Å². The molecule has 0 fully saturated rings. The number of amides is 3. The maximum atomic E-state index is 13.9. The lowest BCUT2D eigenvalue weighted by Crippen LogP contribution is -2.47. The molecule has 0 radical (unpaired) electrons. The SMILES string of the molecule is CN(Cc1ccccc1F)C(=O)COC(=O)[C@H](Cc1ccccc1)N1C(=O)c2ccccc2C1=O. The number of carbonyl (C=O) groups excluding carboxylic acids is 4. The summed E-state index contributed by atoms with van der Waals surface area (Å²) in [5.41, 5.74) is 1.46. The fraction of sp³-hybridized carbons (Fsp3) is 0.185. The van der Waals surface area contributed by atoms with Crippen LogP contribution in [-0.2, 0) is 27.3 Å². The van der Waals surface area contributed by atoms with Gasteiger partial charge in [-0.15, -0.1) is 0 Å². The van der Waals surface area contributed by atoms with E-state index in [9.17, 15) is 23.6 Å². The molecule has 8 heteroatoms. The summed E-state index contributed by atoms with van der Waals surface area (Å²) in [7, 11) is 1.47. The van der Waals surface area contributed by atoms with E-state index in [0.29, 0.717) is 11.1 Å².